The average Bonchev–Trinajstić information content (AvgIpc) is 2.80. The van der Waals surface area contributed by atoms with Crippen LogP contribution in [0.15, 0.2) is 39.4 Å². The van der Waals surface area contributed by atoms with Gasteiger partial charge in [0.05, 0.1) is 12.1 Å². The van der Waals surface area contributed by atoms with Gasteiger partial charge >= 0.3 is 0 Å². The summed E-state index contributed by atoms with van der Waals surface area (Å²) in [5, 5.41) is 0. The van der Waals surface area contributed by atoms with E-state index in [2.05, 4.69) is 27.0 Å². The molecule has 1 atom stereocenters. The molecule has 0 amide bonds. The SMILES string of the molecule is CC(CN)c1coc(Cc2ccccc2Br)n1. The fraction of sp³-hybridized carbons (Fsp3) is 0.308. The minimum atomic E-state index is 0.242. The van der Waals surface area contributed by atoms with E-state index in [0.717, 1.165) is 16.1 Å². The zero-order valence-electron chi connectivity index (χ0n) is 9.69. The summed E-state index contributed by atoms with van der Waals surface area (Å²) in [6.07, 6.45) is 2.39. The third-order valence-corrected chi connectivity index (χ3v) is 3.50. The number of halogens is 1. The minimum Gasteiger partial charge on any atom is -0.448 e. The third-order valence-electron chi connectivity index (χ3n) is 2.73. The Balaban J connectivity index is 2.14. The molecule has 0 aliphatic rings. The Bertz CT molecular complexity index is 496. The molecule has 1 aromatic heterocycles. The summed E-state index contributed by atoms with van der Waals surface area (Å²) in [6, 6.07) is 8.07. The van der Waals surface area contributed by atoms with Gasteiger partial charge in [0.15, 0.2) is 5.89 Å². The summed E-state index contributed by atoms with van der Waals surface area (Å²) in [5.74, 6) is 0.971. The number of hydrogen-bond acceptors (Lipinski definition) is 3. The van der Waals surface area contributed by atoms with E-state index in [0.29, 0.717) is 13.0 Å². The van der Waals surface area contributed by atoms with Crippen LogP contribution in [-0.4, -0.2) is 11.5 Å². The molecule has 1 unspecified atom stereocenters. The van der Waals surface area contributed by atoms with Gasteiger partial charge in [-0.15, -0.1) is 0 Å². The molecule has 2 aromatic rings. The monoisotopic (exact) mass is 294 g/mol. The van der Waals surface area contributed by atoms with Gasteiger partial charge in [-0.25, -0.2) is 4.98 Å². The lowest BCUT2D eigenvalue weighted by Gasteiger charge is -2.02. The third kappa shape index (κ3) is 2.96. The predicted molar refractivity (Wildman–Crippen MR) is 70.9 cm³/mol. The highest BCUT2D eigenvalue weighted by molar-refractivity contribution is 9.10. The zero-order valence-corrected chi connectivity index (χ0v) is 11.3. The van der Waals surface area contributed by atoms with E-state index < -0.39 is 0 Å². The Labute approximate surface area is 109 Å². The van der Waals surface area contributed by atoms with Gasteiger partial charge in [0.1, 0.15) is 6.26 Å². The molecule has 3 nitrogen and oxygen atoms in total. The van der Waals surface area contributed by atoms with E-state index in [4.69, 9.17) is 10.2 Å². The maximum absolute atomic E-state index is 5.60. The highest BCUT2D eigenvalue weighted by Crippen LogP contribution is 2.20. The van der Waals surface area contributed by atoms with Crippen molar-refractivity contribution in [2.24, 2.45) is 5.73 Å². The molecular weight excluding hydrogens is 280 g/mol. The van der Waals surface area contributed by atoms with E-state index in [9.17, 15) is 0 Å². The minimum absolute atomic E-state index is 0.242. The van der Waals surface area contributed by atoms with Gasteiger partial charge < -0.3 is 10.2 Å². The van der Waals surface area contributed by atoms with Gasteiger partial charge in [0.2, 0.25) is 0 Å². The fourth-order valence-corrected chi connectivity index (χ4v) is 1.98. The van der Waals surface area contributed by atoms with Crippen LogP contribution in [0, 0.1) is 0 Å². The van der Waals surface area contributed by atoms with E-state index in [-0.39, 0.29) is 5.92 Å². The molecule has 0 fully saturated rings. The van der Waals surface area contributed by atoms with Crippen molar-refractivity contribution in [3.05, 3.63) is 52.1 Å². The van der Waals surface area contributed by atoms with Gasteiger partial charge in [-0.2, -0.15) is 0 Å². The standard InChI is InChI=1S/C13H15BrN2O/c1-9(7-15)12-8-17-13(16-12)6-10-4-2-3-5-11(10)14/h2-5,8-9H,6-7,15H2,1H3. The van der Waals surface area contributed by atoms with Crippen LogP contribution in [-0.2, 0) is 6.42 Å². The topological polar surface area (TPSA) is 52.0 Å². The number of oxazole rings is 1. The van der Waals surface area contributed by atoms with Gasteiger partial charge in [0, 0.05) is 16.9 Å². The molecule has 0 saturated heterocycles. The molecule has 17 heavy (non-hydrogen) atoms. The lowest BCUT2D eigenvalue weighted by Crippen LogP contribution is -2.09. The summed E-state index contributed by atoms with van der Waals surface area (Å²) in [6.45, 7) is 2.63. The van der Waals surface area contributed by atoms with Crippen molar-refractivity contribution in [1.82, 2.24) is 4.98 Å². The first kappa shape index (κ1) is 12.3. The summed E-state index contributed by atoms with van der Waals surface area (Å²) in [7, 11) is 0. The Morgan fingerprint density at radius 3 is 2.88 bits per heavy atom. The normalized spacial score (nSPS) is 12.6. The van der Waals surface area contributed by atoms with Crippen LogP contribution < -0.4 is 5.73 Å². The molecule has 0 aliphatic heterocycles. The second-order valence-corrected chi connectivity index (χ2v) is 4.93. The van der Waals surface area contributed by atoms with Crippen molar-refractivity contribution in [1.29, 1.82) is 0 Å². The first-order valence-electron chi connectivity index (χ1n) is 5.58. The average molecular weight is 295 g/mol. The quantitative estimate of drug-likeness (QED) is 0.943. The van der Waals surface area contributed by atoms with Crippen molar-refractivity contribution in [2.75, 3.05) is 6.54 Å². The fourth-order valence-electron chi connectivity index (χ4n) is 1.56. The number of aromatic nitrogens is 1. The molecule has 4 heteroatoms. The lowest BCUT2D eigenvalue weighted by atomic mass is 10.1. The van der Waals surface area contributed by atoms with E-state index >= 15 is 0 Å². The predicted octanol–water partition coefficient (Wildman–Crippen LogP) is 3.09. The zero-order chi connectivity index (χ0) is 12.3. The second kappa shape index (κ2) is 5.47. The number of nitrogens with zero attached hydrogens (tertiary/aromatic N) is 1. The molecule has 0 aliphatic carbocycles. The van der Waals surface area contributed by atoms with E-state index in [1.807, 2.05) is 25.1 Å². The van der Waals surface area contributed by atoms with Crippen molar-refractivity contribution in [3.63, 3.8) is 0 Å². The van der Waals surface area contributed by atoms with Crippen LogP contribution in [0.5, 0.6) is 0 Å². The van der Waals surface area contributed by atoms with Crippen LogP contribution in [0.25, 0.3) is 0 Å². The number of rotatable bonds is 4. The highest BCUT2D eigenvalue weighted by atomic mass is 79.9. The number of benzene rings is 1. The van der Waals surface area contributed by atoms with Crippen LogP contribution in [0.4, 0.5) is 0 Å². The molecule has 1 aromatic carbocycles. The Morgan fingerprint density at radius 2 is 2.18 bits per heavy atom. The van der Waals surface area contributed by atoms with Gasteiger partial charge in [-0.3, -0.25) is 0 Å². The Morgan fingerprint density at radius 1 is 1.41 bits per heavy atom. The molecule has 0 saturated carbocycles. The van der Waals surface area contributed by atoms with Gasteiger partial charge in [-0.05, 0) is 11.6 Å². The summed E-state index contributed by atoms with van der Waals surface area (Å²) in [4.78, 5) is 4.45. The molecular formula is C13H15BrN2O. The van der Waals surface area contributed by atoms with E-state index in [1.165, 1.54) is 5.56 Å². The lowest BCUT2D eigenvalue weighted by molar-refractivity contribution is 0.505. The van der Waals surface area contributed by atoms with Crippen molar-refractivity contribution >= 4 is 15.9 Å². The molecule has 0 spiro atoms. The summed E-state index contributed by atoms with van der Waals surface area (Å²) in [5.41, 5.74) is 7.69. The Hall–Kier alpha value is -1.13. The molecule has 1 heterocycles. The van der Waals surface area contributed by atoms with Crippen molar-refractivity contribution in [3.8, 4) is 0 Å². The molecule has 0 radical (unpaired) electrons. The first-order chi connectivity index (χ1) is 8.20. The highest BCUT2D eigenvalue weighted by Gasteiger charge is 2.11. The molecule has 2 rings (SSSR count). The largest absolute Gasteiger partial charge is 0.448 e. The van der Waals surface area contributed by atoms with Gasteiger partial charge in [-0.1, -0.05) is 41.1 Å². The van der Waals surface area contributed by atoms with E-state index in [1.54, 1.807) is 6.26 Å². The maximum Gasteiger partial charge on any atom is 0.198 e. The van der Waals surface area contributed by atoms with Crippen molar-refractivity contribution < 1.29 is 4.42 Å². The molecule has 2 N–H and O–H groups in total. The second-order valence-electron chi connectivity index (χ2n) is 4.07. The van der Waals surface area contributed by atoms with Crippen LogP contribution >= 0.6 is 15.9 Å². The Kier molecular flexibility index (Phi) is 3.97. The van der Waals surface area contributed by atoms with Crippen LogP contribution in [0.1, 0.15) is 30.0 Å². The smallest absolute Gasteiger partial charge is 0.198 e. The number of nitrogens with two attached hydrogens (primary N) is 1. The van der Waals surface area contributed by atoms with Crippen LogP contribution in [0.3, 0.4) is 0 Å². The summed E-state index contributed by atoms with van der Waals surface area (Å²) < 4.78 is 6.53. The maximum atomic E-state index is 5.60. The van der Waals surface area contributed by atoms with Gasteiger partial charge in [0.25, 0.3) is 0 Å². The molecule has 0 bridgehead atoms. The van der Waals surface area contributed by atoms with Crippen molar-refractivity contribution in [2.45, 2.75) is 19.3 Å². The first-order valence-corrected chi connectivity index (χ1v) is 6.37. The molecule has 90 valence electrons. The van der Waals surface area contributed by atoms with Crippen LogP contribution in [0.2, 0.25) is 0 Å². The summed E-state index contributed by atoms with van der Waals surface area (Å²) >= 11 is 3.51. The number of hydrogen-bond donors (Lipinski definition) is 1.